The van der Waals surface area contributed by atoms with E-state index in [1.807, 2.05) is 25.1 Å². The number of nitrogens with one attached hydrogen (secondary N) is 2. The van der Waals surface area contributed by atoms with Gasteiger partial charge in [-0.25, -0.2) is 0 Å². The van der Waals surface area contributed by atoms with E-state index in [0.717, 1.165) is 11.1 Å². The summed E-state index contributed by atoms with van der Waals surface area (Å²) in [7, 11) is 1.58. The molecule has 2 aromatic rings. The molecule has 0 bridgehead atoms. The van der Waals surface area contributed by atoms with Gasteiger partial charge in [0.25, 0.3) is 5.91 Å². The van der Waals surface area contributed by atoms with Crippen molar-refractivity contribution in [1.29, 1.82) is 0 Å². The summed E-state index contributed by atoms with van der Waals surface area (Å²) in [4.78, 5) is 23.9. The van der Waals surface area contributed by atoms with E-state index in [9.17, 15) is 9.59 Å². The van der Waals surface area contributed by atoms with E-state index in [1.54, 1.807) is 31.4 Å². The quantitative estimate of drug-likeness (QED) is 0.803. The summed E-state index contributed by atoms with van der Waals surface area (Å²) in [6.07, 6.45) is 1.20. The van der Waals surface area contributed by atoms with Crippen LogP contribution in [0.2, 0.25) is 0 Å². The van der Waals surface area contributed by atoms with Crippen molar-refractivity contribution in [3.05, 3.63) is 71.8 Å². The molecule has 0 aromatic heterocycles. The molecule has 0 saturated carbocycles. The Balaban J connectivity index is 2.21. The summed E-state index contributed by atoms with van der Waals surface area (Å²) < 4.78 is 5.19. The van der Waals surface area contributed by atoms with Gasteiger partial charge < -0.3 is 15.4 Å². The van der Waals surface area contributed by atoms with Crippen LogP contribution >= 0.6 is 0 Å². The molecule has 0 radical (unpaired) electrons. The van der Waals surface area contributed by atoms with Crippen LogP contribution in [0.1, 0.15) is 21.5 Å². The maximum Gasteiger partial charge on any atom is 0.256 e. The molecule has 0 spiro atoms. The molecule has 0 fully saturated rings. The summed E-state index contributed by atoms with van der Waals surface area (Å²) in [5, 5.41) is 5.57. The first kappa shape index (κ1) is 17.3. The van der Waals surface area contributed by atoms with Gasteiger partial charge >= 0.3 is 0 Å². The number of benzene rings is 2. The van der Waals surface area contributed by atoms with Crippen LogP contribution < -0.4 is 15.4 Å². The van der Waals surface area contributed by atoms with Gasteiger partial charge in [0.05, 0.1) is 7.11 Å². The molecule has 0 heterocycles. The second-order valence-electron chi connectivity index (χ2n) is 5.21. The van der Waals surface area contributed by atoms with E-state index in [1.165, 1.54) is 6.08 Å². The largest absolute Gasteiger partial charge is 0.497 e. The minimum absolute atomic E-state index is 0.241. The topological polar surface area (TPSA) is 67.4 Å². The second kappa shape index (κ2) is 7.97. The van der Waals surface area contributed by atoms with Crippen molar-refractivity contribution in [3.8, 4) is 5.75 Å². The molecular weight excluding hydrogens is 304 g/mol. The molecule has 2 amide bonds. The number of carbonyl (C=O) groups is 2. The van der Waals surface area contributed by atoms with Crippen LogP contribution in [0.4, 0.5) is 5.69 Å². The normalized spacial score (nSPS) is 9.92. The SMILES string of the molecule is C=CC(=O)NCc1ccccc1C(=O)Nc1cc(OC)ccc1C. The van der Waals surface area contributed by atoms with Gasteiger partial charge in [0.1, 0.15) is 5.75 Å². The van der Waals surface area contributed by atoms with Crippen molar-refractivity contribution < 1.29 is 14.3 Å². The number of carbonyl (C=O) groups excluding carboxylic acids is 2. The number of anilines is 1. The number of ether oxygens (including phenoxy) is 1. The number of methoxy groups -OCH3 is 1. The number of hydrogen-bond acceptors (Lipinski definition) is 3. The Labute approximate surface area is 141 Å². The fraction of sp³-hybridized carbons (Fsp3) is 0.158. The standard InChI is InChI=1S/C19H20N2O3/c1-4-18(22)20-12-14-7-5-6-8-16(14)19(23)21-17-11-15(24-3)10-9-13(17)2/h4-11H,1,12H2,2-3H3,(H,20,22)(H,21,23). The zero-order valence-corrected chi connectivity index (χ0v) is 13.8. The molecule has 0 aliphatic carbocycles. The van der Waals surface area contributed by atoms with Crippen LogP contribution in [0, 0.1) is 6.92 Å². The smallest absolute Gasteiger partial charge is 0.256 e. The van der Waals surface area contributed by atoms with Crippen LogP contribution in [0.3, 0.4) is 0 Å². The summed E-state index contributed by atoms with van der Waals surface area (Å²) >= 11 is 0. The molecule has 5 nitrogen and oxygen atoms in total. The molecule has 0 unspecified atom stereocenters. The third kappa shape index (κ3) is 4.23. The lowest BCUT2D eigenvalue weighted by Crippen LogP contribution is -2.23. The Morgan fingerprint density at radius 3 is 2.67 bits per heavy atom. The highest BCUT2D eigenvalue weighted by atomic mass is 16.5. The lowest BCUT2D eigenvalue weighted by molar-refractivity contribution is -0.116. The Morgan fingerprint density at radius 1 is 1.21 bits per heavy atom. The summed E-state index contributed by atoms with van der Waals surface area (Å²) in [6, 6.07) is 12.6. The maximum atomic E-state index is 12.6. The van der Waals surface area contributed by atoms with Gasteiger partial charge in [-0.3, -0.25) is 9.59 Å². The highest BCUT2D eigenvalue weighted by Crippen LogP contribution is 2.22. The highest BCUT2D eigenvalue weighted by Gasteiger charge is 2.13. The fourth-order valence-corrected chi connectivity index (χ4v) is 2.20. The minimum Gasteiger partial charge on any atom is -0.497 e. The van der Waals surface area contributed by atoms with Crippen molar-refractivity contribution >= 4 is 17.5 Å². The van der Waals surface area contributed by atoms with Crippen molar-refractivity contribution in [2.45, 2.75) is 13.5 Å². The molecule has 2 aromatic carbocycles. The molecule has 24 heavy (non-hydrogen) atoms. The minimum atomic E-state index is -0.283. The Hall–Kier alpha value is -3.08. The monoisotopic (exact) mass is 324 g/mol. The number of amides is 2. The Morgan fingerprint density at radius 2 is 1.96 bits per heavy atom. The predicted octanol–water partition coefficient (Wildman–Crippen LogP) is 3.06. The summed E-state index contributed by atoms with van der Waals surface area (Å²) in [5.41, 5.74) is 2.85. The average molecular weight is 324 g/mol. The van der Waals surface area contributed by atoms with Gasteiger partial charge in [-0.1, -0.05) is 30.8 Å². The van der Waals surface area contributed by atoms with E-state index in [4.69, 9.17) is 4.74 Å². The predicted molar refractivity (Wildman–Crippen MR) is 94.2 cm³/mol. The average Bonchev–Trinajstić information content (AvgIpc) is 2.61. The zero-order valence-electron chi connectivity index (χ0n) is 13.8. The van der Waals surface area contributed by atoms with E-state index in [-0.39, 0.29) is 18.4 Å². The molecule has 2 N–H and O–H groups in total. The van der Waals surface area contributed by atoms with Gasteiger partial charge in [-0.15, -0.1) is 0 Å². The van der Waals surface area contributed by atoms with E-state index >= 15 is 0 Å². The van der Waals surface area contributed by atoms with E-state index < -0.39 is 0 Å². The van der Waals surface area contributed by atoms with Crippen LogP contribution in [0.15, 0.2) is 55.1 Å². The summed E-state index contributed by atoms with van der Waals surface area (Å²) in [6.45, 7) is 5.57. The molecule has 2 rings (SSSR count). The first-order valence-electron chi connectivity index (χ1n) is 7.49. The molecule has 124 valence electrons. The van der Waals surface area contributed by atoms with Gasteiger partial charge in [-0.2, -0.15) is 0 Å². The van der Waals surface area contributed by atoms with E-state index in [0.29, 0.717) is 17.0 Å². The molecular formula is C19H20N2O3. The molecule has 0 aliphatic heterocycles. The van der Waals surface area contributed by atoms with Crippen LogP contribution in [-0.2, 0) is 11.3 Å². The van der Waals surface area contributed by atoms with Gasteiger partial charge in [0.15, 0.2) is 0 Å². The van der Waals surface area contributed by atoms with Crippen LogP contribution in [-0.4, -0.2) is 18.9 Å². The summed E-state index contributed by atoms with van der Waals surface area (Å²) in [5.74, 6) is 0.145. The third-order valence-electron chi connectivity index (χ3n) is 3.59. The number of hydrogen-bond donors (Lipinski definition) is 2. The Kier molecular flexibility index (Phi) is 5.73. The molecule has 0 atom stereocenters. The van der Waals surface area contributed by atoms with Gasteiger partial charge in [0, 0.05) is 23.9 Å². The molecule has 0 aliphatic rings. The number of rotatable bonds is 6. The fourth-order valence-electron chi connectivity index (χ4n) is 2.20. The maximum absolute atomic E-state index is 12.6. The van der Waals surface area contributed by atoms with Crippen LogP contribution in [0.25, 0.3) is 0 Å². The number of aryl methyl sites for hydroxylation is 1. The van der Waals surface area contributed by atoms with E-state index in [2.05, 4.69) is 17.2 Å². The Bertz CT molecular complexity index is 769. The van der Waals surface area contributed by atoms with Gasteiger partial charge in [0.2, 0.25) is 5.91 Å². The lowest BCUT2D eigenvalue weighted by atomic mass is 10.1. The lowest BCUT2D eigenvalue weighted by Gasteiger charge is -2.13. The highest BCUT2D eigenvalue weighted by molar-refractivity contribution is 6.05. The van der Waals surface area contributed by atoms with Crippen molar-refractivity contribution in [2.24, 2.45) is 0 Å². The first-order chi connectivity index (χ1) is 11.5. The van der Waals surface area contributed by atoms with Crippen molar-refractivity contribution in [3.63, 3.8) is 0 Å². The first-order valence-corrected chi connectivity index (χ1v) is 7.49. The molecule has 0 saturated heterocycles. The third-order valence-corrected chi connectivity index (χ3v) is 3.59. The second-order valence-corrected chi connectivity index (χ2v) is 5.21. The van der Waals surface area contributed by atoms with Crippen molar-refractivity contribution in [2.75, 3.05) is 12.4 Å². The van der Waals surface area contributed by atoms with Gasteiger partial charge in [-0.05, 0) is 36.3 Å². The van der Waals surface area contributed by atoms with Crippen LogP contribution in [0.5, 0.6) is 5.75 Å². The molecule has 5 heteroatoms. The van der Waals surface area contributed by atoms with Crippen molar-refractivity contribution in [1.82, 2.24) is 5.32 Å². The zero-order chi connectivity index (χ0) is 17.5.